The quantitative estimate of drug-likeness (QED) is 0.704. The zero-order valence-corrected chi connectivity index (χ0v) is 15.5. The molecule has 4 heteroatoms. The van der Waals surface area contributed by atoms with E-state index in [9.17, 15) is 4.79 Å². The zero-order chi connectivity index (χ0) is 18.2. The van der Waals surface area contributed by atoms with Crippen LogP contribution < -0.4 is 5.32 Å². The molecule has 27 heavy (non-hydrogen) atoms. The summed E-state index contributed by atoms with van der Waals surface area (Å²) in [4.78, 5) is 12.5. The highest BCUT2D eigenvalue weighted by atomic mass is 16.1. The first-order valence-electron chi connectivity index (χ1n) is 10.2. The maximum absolute atomic E-state index is 12.5. The highest BCUT2D eigenvalue weighted by molar-refractivity contribution is 5.96. The summed E-state index contributed by atoms with van der Waals surface area (Å²) in [5.41, 5.74) is 4.01. The standard InChI is InChI=1S/C23H25N3O/c27-23(24-18-6-2-1-3-7-18)17-12-10-16(11-13-17)22-20-8-4-5-9-21(20)26(25-22)19-14-15-19/h4-5,8-13,18-19H,1-3,6-7,14-15H2,(H,24,27). The van der Waals surface area contributed by atoms with E-state index in [1.54, 1.807) is 0 Å². The first-order valence-corrected chi connectivity index (χ1v) is 10.2. The predicted octanol–water partition coefficient (Wildman–Crippen LogP) is 5.10. The number of nitrogens with one attached hydrogen (secondary N) is 1. The predicted molar refractivity (Wildman–Crippen MR) is 108 cm³/mol. The lowest BCUT2D eigenvalue weighted by Crippen LogP contribution is -2.36. The second-order valence-electron chi connectivity index (χ2n) is 7.93. The number of carbonyl (C=O) groups is 1. The summed E-state index contributed by atoms with van der Waals surface area (Å²) >= 11 is 0. The van der Waals surface area contributed by atoms with Gasteiger partial charge < -0.3 is 5.32 Å². The fourth-order valence-electron chi connectivity index (χ4n) is 4.19. The highest BCUT2D eigenvalue weighted by Gasteiger charge is 2.27. The molecule has 1 aromatic heterocycles. The Bertz CT molecular complexity index is 963. The number of carbonyl (C=O) groups excluding carboxylic acids is 1. The van der Waals surface area contributed by atoms with E-state index in [4.69, 9.17) is 5.10 Å². The maximum atomic E-state index is 12.5. The van der Waals surface area contributed by atoms with Crippen LogP contribution in [0.4, 0.5) is 0 Å². The van der Waals surface area contributed by atoms with E-state index < -0.39 is 0 Å². The Hall–Kier alpha value is -2.62. The lowest BCUT2D eigenvalue weighted by atomic mass is 9.95. The van der Waals surface area contributed by atoms with Crippen LogP contribution in [-0.2, 0) is 0 Å². The molecule has 2 fully saturated rings. The highest BCUT2D eigenvalue weighted by Crippen LogP contribution is 2.39. The van der Waals surface area contributed by atoms with Gasteiger partial charge in [-0.3, -0.25) is 9.48 Å². The average Bonchev–Trinajstić information content (AvgIpc) is 3.49. The molecule has 0 spiro atoms. The SMILES string of the molecule is O=C(NC1CCCCC1)c1ccc(-c2nn(C3CC3)c3ccccc23)cc1. The monoisotopic (exact) mass is 359 g/mol. The van der Waals surface area contributed by atoms with E-state index in [-0.39, 0.29) is 5.91 Å². The van der Waals surface area contributed by atoms with E-state index in [1.165, 1.54) is 43.0 Å². The summed E-state index contributed by atoms with van der Waals surface area (Å²) in [6.45, 7) is 0. The number of para-hydroxylation sites is 1. The molecule has 0 bridgehead atoms. The van der Waals surface area contributed by atoms with Crippen molar-refractivity contribution in [3.8, 4) is 11.3 Å². The van der Waals surface area contributed by atoms with Gasteiger partial charge in [-0.15, -0.1) is 0 Å². The van der Waals surface area contributed by atoms with Crippen molar-refractivity contribution in [3.63, 3.8) is 0 Å². The van der Waals surface area contributed by atoms with Crippen LogP contribution in [0.5, 0.6) is 0 Å². The summed E-state index contributed by atoms with van der Waals surface area (Å²) < 4.78 is 2.17. The summed E-state index contributed by atoms with van der Waals surface area (Å²) in [6, 6.07) is 17.2. The van der Waals surface area contributed by atoms with Gasteiger partial charge in [0.1, 0.15) is 5.69 Å². The van der Waals surface area contributed by atoms with Crippen molar-refractivity contribution in [3.05, 3.63) is 54.1 Å². The molecule has 3 aromatic rings. The van der Waals surface area contributed by atoms with Gasteiger partial charge in [-0.05, 0) is 43.9 Å². The van der Waals surface area contributed by atoms with Crippen molar-refractivity contribution in [2.45, 2.75) is 57.0 Å². The van der Waals surface area contributed by atoms with Crippen LogP contribution in [0.25, 0.3) is 22.2 Å². The second kappa shape index (κ2) is 6.84. The first-order chi connectivity index (χ1) is 13.3. The Balaban J connectivity index is 1.40. The topological polar surface area (TPSA) is 46.9 Å². The van der Waals surface area contributed by atoms with Gasteiger partial charge in [-0.2, -0.15) is 5.10 Å². The van der Waals surface area contributed by atoms with Gasteiger partial charge in [0.2, 0.25) is 0 Å². The van der Waals surface area contributed by atoms with Crippen molar-refractivity contribution in [1.82, 2.24) is 15.1 Å². The Labute approximate surface area is 159 Å². The molecule has 1 amide bonds. The molecule has 0 unspecified atom stereocenters. The van der Waals surface area contributed by atoms with Crippen molar-refractivity contribution < 1.29 is 4.79 Å². The van der Waals surface area contributed by atoms with Crippen molar-refractivity contribution >= 4 is 16.8 Å². The van der Waals surface area contributed by atoms with E-state index in [1.807, 2.05) is 24.3 Å². The largest absolute Gasteiger partial charge is 0.349 e. The first kappa shape index (κ1) is 16.5. The maximum Gasteiger partial charge on any atom is 0.251 e. The molecular weight excluding hydrogens is 334 g/mol. The van der Waals surface area contributed by atoms with Crippen molar-refractivity contribution in [1.29, 1.82) is 0 Å². The molecular formula is C23H25N3O. The van der Waals surface area contributed by atoms with E-state index in [0.717, 1.165) is 29.7 Å². The second-order valence-corrected chi connectivity index (χ2v) is 7.93. The van der Waals surface area contributed by atoms with Gasteiger partial charge in [0, 0.05) is 22.6 Å². The molecule has 2 aliphatic rings. The Morgan fingerprint density at radius 1 is 0.926 bits per heavy atom. The van der Waals surface area contributed by atoms with Crippen LogP contribution in [0.1, 0.15) is 61.3 Å². The number of hydrogen-bond acceptors (Lipinski definition) is 2. The molecule has 0 radical (unpaired) electrons. The van der Waals surface area contributed by atoms with E-state index in [0.29, 0.717) is 12.1 Å². The summed E-state index contributed by atoms with van der Waals surface area (Å²) in [5.74, 6) is 0.0433. The molecule has 2 aromatic carbocycles. The van der Waals surface area contributed by atoms with Crippen molar-refractivity contribution in [2.75, 3.05) is 0 Å². The third-order valence-corrected chi connectivity index (χ3v) is 5.87. The zero-order valence-electron chi connectivity index (χ0n) is 15.5. The Kier molecular flexibility index (Phi) is 4.19. The third-order valence-electron chi connectivity index (χ3n) is 5.87. The summed E-state index contributed by atoms with van der Waals surface area (Å²) in [7, 11) is 0. The molecule has 0 aliphatic heterocycles. The molecule has 2 aliphatic carbocycles. The smallest absolute Gasteiger partial charge is 0.251 e. The number of aromatic nitrogens is 2. The Morgan fingerprint density at radius 3 is 2.41 bits per heavy atom. The number of amides is 1. The molecule has 138 valence electrons. The molecule has 2 saturated carbocycles. The van der Waals surface area contributed by atoms with Crippen molar-refractivity contribution in [2.24, 2.45) is 0 Å². The average molecular weight is 359 g/mol. The molecule has 0 saturated heterocycles. The van der Waals surface area contributed by atoms with E-state index in [2.05, 4.69) is 34.3 Å². The van der Waals surface area contributed by atoms with Crippen LogP contribution in [0.15, 0.2) is 48.5 Å². The number of fused-ring (bicyclic) bond motifs is 1. The number of nitrogens with zero attached hydrogens (tertiary/aromatic N) is 2. The number of hydrogen-bond donors (Lipinski definition) is 1. The molecule has 1 heterocycles. The normalized spacial score (nSPS) is 17.9. The fourth-order valence-corrected chi connectivity index (χ4v) is 4.19. The molecule has 4 nitrogen and oxygen atoms in total. The summed E-state index contributed by atoms with van der Waals surface area (Å²) in [6.07, 6.45) is 8.38. The fraction of sp³-hybridized carbons (Fsp3) is 0.391. The van der Waals surface area contributed by atoms with Gasteiger partial charge in [0.25, 0.3) is 5.91 Å². The molecule has 0 atom stereocenters. The van der Waals surface area contributed by atoms with Gasteiger partial charge in [-0.1, -0.05) is 49.6 Å². The van der Waals surface area contributed by atoms with Gasteiger partial charge >= 0.3 is 0 Å². The van der Waals surface area contributed by atoms with E-state index >= 15 is 0 Å². The molecule has 5 rings (SSSR count). The van der Waals surface area contributed by atoms with Crippen LogP contribution in [0.3, 0.4) is 0 Å². The lowest BCUT2D eigenvalue weighted by Gasteiger charge is -2.22. The number of rotatable bonds is 4. The minimum atomic E-state index is 0.0433. The van der Waals surface area contributed by atoms with Gasteiger partial charge in [0.05, 0.1) is 11.6 Å². The summed E-state index contributed by atoms with van der Waals surface area (Å²) in [5, 5.41) is 9.28. The van der Waals surface area contributed by atoms with Gasteiger partial charge in [-0.25, -0.2) is 0 Å². The van der Waals surface area contributed by atoms with Crippen LogP contribution in [0, 0.1) is 0 Å². The van der Waals surface area contributed by atoms with Crippen LogP contribution >= 0.6 is 0 Å². The lowest BCUT2D eigenvalue weighted by molar-refractivity contribution is 0.0927. The molecule has 1 N–H and O–H groups in total. The Morgan fingerprint density at radius 2 is 1.67 bits per heavy atom. The van der Waals surface area contributed by atoms with Gasteiger partial charge in [0.15, 0.2) is 0 Å². The third kappa shape index (κ3) is 3.25. The van der Waals surface area contributed by atoms with Crippen LogP contribution in [0.2, 0.25) is 0 Å². The number of benzene rings is 2. The van der Waals surface area contributed by atoms with Crippen LogP contribution in [-0.4, -0.2) is 21.7 Å². The minimum absolute atomic E-state index is 0.0433. The minimum Gasteiger partial charge on any atom is -0.349 e.